The van der Waals surface area contributed by atoms with E-state index in [1.807, 2.05) is 18.2 Å². The van der Waals surface area contributed by atoms with Crippen molar-refractivity contribution in [1.29, 1.82) is 0 Å². The molecule has 2 atom stereocenters. The zero-order valence-corrected chi connectivity index (χ0v) is 22.4. The van der Waals surface area contributed by atoms with Gasteiger partial charge < -0.3 is 20.9 Å². The number of nitrogens with two attached hydrogens (primary N) is 1. The number of aliphatic hydroxyl groups is 1. The zero-order chi connectivity index (χ0) is 23.7. The molecule has 0 saturated carbocycles. The van der Waals surface area contributed by atoms with E-state index in [-0.39, 0.29) is 56.0 Å². The molecule has 3 aromatic rings. The number of carbonyl (C=O) groups excluding carboxylic acids is 1. The first-order valence-corrected chi connectivity index (χ1v) is 10.6. The molecule has 0 aliphatic rings. The van der Waals surface area contributed by atoms with Crippen LogP contribution in [0.15, 0.2) is 18.5 Å². The molecule has 1 amide bonds. The van der Waals surface area contributed by atoms with Crippen molar-refractivity contribution in [3.63, 3.8) is 0 Å². The highest BCUT2D eigenvalue weighted by Gasteiger charge is 2.30. The summed E-state index contributed by atoms with van der Waals surface area (Å²) >= 11 is 6.20. The normalized spacial score (nSPS) is 12.6. The fourth-order valence-corrected chi connectivity index (χ4v) is 3.77. The Labute approximate surface area is 217 Å². The Morgan fingerprint density at radius 3 is 2.56 bits per heavy atom. The largest absolute Gasteiger partial charge is 0.490 e. The van der Waals surface area contributed by atoms with Crippen LogP contribution in [0.2, 0.25) is 5.02 Å². The van der Waals surface area contributed by atoms with Gasteiger partial charge in [-0.25, -0.2) is 14.4 Å². The number of benzene rings is 1. The third kappa shape index (κ3) is 5.88. The number of halogens is 2. The second-order valence-corrected chi connectivity index (χ2v) is 8.41. The summed E-state index contributed by atoms with van der Waals surface area (Å²) in [6.45, 7) is 8.70. The molecule has 2 aromatic heterocycles. The quantitative estimate of drug-likeness (QED) is 0.428. The second-order valence-electron chi connectivity index (χ2n) is 8.00. The van der Waals surface area contributed by atoms with Crippen molar-refractivity contribution in [3.05, 3.63) is 51.9 Å². The van der Waals surface area contributed by atoms with Crippen LogP contribution in [0.4, 0.5) is 10.2 Å². The molecule has 3 rings (SSSR count). The van der Waals surface area contributed by atoms with Crippen molar-refractivity contribution in [3.8, 4) is 5.75 Å². The lowest BCUT2D eigenvalue weighted by Crippen LogP contribution is -2.32. The predicted octanol–water partition coefficient (Wildman–Crippen LogP) is 3.69. The minimum absolute atomic E-state index is 0. The summed E-state index contributed by atoms with van der Waals surface area (Å²) < 4.78 is 22.8. The number of nitrogens with one attached hydrogen (secondary N) is 1. The molecular weight excluding hydrogens is 501 g/mol. The molecule has 0 fully saturated rings. The van der Waals surface area contributed by atoms with Crippen molar-refractivity contribution in [2.75, 3.05) is 12.3 Å². The number of imidazole rings is 1. The van der Waals surface area contributed by atoms with E-state index >= 15 is 4.39 Å². The molecule has 1 aromatic carbocycles. The van der Waals surface area contributed by atoms with Crippen molar-refractivity contribution >= 4 is 55.8 Å². The van der Waals surface area contributed by atoms with Gasteiger partial charge in [-0.2, -0.15) is 27.0 Å². The number of aryl methyl sites for hydroxylation is 1. The smallest absolute Gasteiger partial charge is 0.258 e. The molecule has 4 N–H and O–H groups in total. The second kappa shape index (κ2) is 12.0. The Bertz CT molecular complexity index is 1170. The Balaban J connectivity index is 0.00000289. The summed E-state index contributed by atoms with van der Waals surface area (Å²) in [7, 11) is 0. The lowest BCUT2D eigenvalue weighted by atomic mass is 9.95. The maximum atomic E-state index is 15.1. The number of amides is 1. The SMILES string of the molecule is Cc1nc([C@@H](C)c2cc(Cl)c(F)c(C(=O)NC[C@H](C)O)c2OC(C)C)n2ccnc(N)c12.S.S. The van der Waals surface area contributed by atoms with Gasteiger partial charge in [-0.1, -0.05) is 18.5 Å². The lowest BCUT2D eigenvalue weighted by molar-refractivity contribution is 0.0913. The molecule has 0 radical (unpaired) electrons. The van der Waals surface area contributed by atoms with E-state index in [9.17, 15) is 9.90 Å². The third-order valence-electron chi connectivity index (χ3n) is 4.98. The monoisotopic (exact) mass is 531 g/mol. The van der Waals surface area contributed by atoms with Gasteiger partial charge in [0.2, 0.25) is 0 Å². The molecule has 0 saturated heterocycles. The topological polar surface area (TPSA) is 115 Å². The van der Waals surface area contributed by atoms with E-state index in [0.29, 0.717) is 28.4 Å². The Kier molecular flexibility index (Phi) is 10.5. The minimum atomic E-state index is -0.890. The number of carbonyl (C=O) groups is 1. The molecular formula is C22H31ClFN5O3S2. The summed E-state index contributed by atoms with van der Waals surface area (Å²) in [5.74, 6) is -1.03. The van der Waals surface area contributed by atoms with Gasteiger partial charge in [0.1, 0.15) is 28.5 Å². The van der Waals surface area contributed by atoms with Crippen LogP contribution in [0.1, 0.15) is 61.1 Å². The summed E-state index contributed by atoms with van der Waals surface area (Å²) in [4.78, 5) is 21.6. The van der Waals surface area contributed by atoms with Crippen LogP contribution in [-0.2, 0) is 0 Å². The molecule has 0 bridgehead atoms. The third-order valence-corrected chi connectivity index (χ3v) is 5.25. The Morgan fingerprint density at radius 2 is 1.97 bits per heavy atom. The first-order valence-electron chi connectivity index (χ1n) is 10.3. The van der Waals surface area contributed by atoms with Crippen LogP contribution in [0.25, 0.3) is 5.52 Å². The molecule has 8 nitrogen and oxygen atoms in total. The van der Waals surface area contributed by atoms with E-state index in [1.54, 1.807) is 26.2 Å². The van der Waals surface area contributed by atoms with E-state index in [0.717, 1.165) is 0 Å². The maximum absolute atomic E-state index is 15.1. The number of nitrogens with zero attached hydrogens (tertiary/aromatic N) is 3. The van der Waals surface area contributed by atoms with E-state index < -0.39 is 23.7 Å². The van der Waals surface area contributed by atoms with E-state index in [2.05, 4.69) is 15.3 Å². The van der Waals surface area contributed by atoms with Gasteiger partial charge in [0.25, 0.3) is 5.91 Å². The van der Waals surface area contributed by atoms with Crippen LogP contribution in [0, 0.1) is 12.7 Å². The molecule has 0 spiro atoms. The minimum Gasteiger partial charge on any atom is -0.490 e. The highest BCUT2D eigenvalue weighted by atomic mass is 35.5. The predicted molar refractivity (Wildman–Crippen MR) is 142 cm³/mol. The number of aliphatic hydroxyl groups excluding tert-OH is 1. The van der Waals surface area contributed by atoms with Crippen LogP contribution < -0.4 is 15.8 Å². The van der Waals surface area contributed by atoms with Crippen LogP contribution in [0.3, 0.4) is 0 Å². The van der Waals surface area contributed by atoms with Crippen LogP contribution in [0.5, 0.6) is 5.75 Å². The number of ether oxygens (including phenoxy) is 1. The summed E-state index contributed by atoms with van der Waals surface area (Å²) in [6, 6.07) is 1.45. The van der Waals surface area contributed by atoms with Crippen molar-refractivity contribution in [2.24, 2.45) is 0 Å². The van der Waals surface area contributed by atoms with Gasteiger partial charge >= 0.3 is 0 Å². The maximum Gasteiger partial charge on any atom is 0.258 e. The highest BCUT2D eigenvalue weighted by molar-refractivity contribution is 7.59. The summed E-state index contributed by atoms with van der Waals surface area (Å²) in [6.07, 6.45) is 2.16. The fourth-order valence-electron chi connectivity index (χ4n) is 3.56. The number of rotatable bonds is 7. The molecule has 0 unspecified atom stereocenters. The number of aromatic nitrogens is 3. The van der Waals surface area contributed by atoms with Gasteiger partial charge in [-0.3, -0.25) is 9.20 Å². The Hall–Kier alpha value is -2.21. The average Bonchev–Trinajstić information content (AvgIpc) is 3.06. The molecule has 2 heterocycles. The standard InChI is InChI=1S/C22H27ClFN5O3.2H2S/c1-10(2)32-19-14(8-15(23)17(24)16(19)22(31)27-9-11(3)30)12(4)21-28-13(5)18-20(25)26-6-7-29(18)21;;/h6-8,10-12,30H,9H2,1-5H3,(H2,25,26)(H,27,31);2*1H2/t11-,12-;;/m0../s1. The average molecular weight is 532 g/mol. The van der Waals surface area contributed by atoms with Crippen molar-refractivity contribution in [1.82, 2.24) is 19.7 Å². The van der Waals surface area contributed by atoms with Crippen molar-refractivity contribution in [2.45, 2.75) is 52.7 Å². The molecule has 188 valence electrons. The van der Waals surface area contributed by atoms with E-state index in [1.165, 1.54) is 13.0 Å². The van der Waals surface area contributed by atoms with Crippen LogP contribution in [-0.4, -0.2) is 44.1 Å². The van der Waals surface area contributed by atoms with Gasteiger partial charge in [-0.15, -0.1) is 0 Å². The number of fused-ring (bicyclic) bond motifs is 1. The number of nitrogen functional groups attached to an aromatic ring is 1. The molecule has 34 heavy (non-hydrogen) atoms. The molecule has 0 aliphatic carbocycles. The number of hydrogen-bond donors (Lipinski definition) is 3. The van der Waals surface area contributed by atoms with Gasteiger partial charge in [0.15, 0.2) is 5.82 Å². The summed E-state index contributed by atoms with van der Waals surface area (Å²) in [5.41, 5.74) is 7.57. The van der Waals surface area contributed by atoms with Gasteiger partial charge in [0.05, 0.1) is 22.9 Å². The lowest BCUT2D eigenvalue weighted by Gasteiger charge is -2.22. The zero-order valence-electron chi connectivity index (χ0n) is 19.6. The number of hydrogen-bond acceptors (Lipinski definition) is 6. The first kappa shape index (κ1) is 29.8. The molecule has 0 aliphatic heterocycles. The first-order chi connectivity index (χ1) is 15.0. The van der Waals surface area contributed by atoms with Gasteiger partial charge in [0, 0.05) is 30.4 Å². The fraction of sp³-hybridized carbons (Fsp3) is 0.409. The summed E-state index contributed by atoms with van der Waals surface area (Å²) in [5, 5.41) is 11.8. The van der Waals surface area contributed by atoms with Crippen LogP contribution >= 0.6 is 38.6 Å². The molecule has 12 heteroatoms. The van der Waals surface area contributed by atoms with Gasteiger partial charge in [-0.05, 0) is 33.8 Å². The Morgan fingerprint density at radius 1 is 1.32 bits per heavy atom. The number of anilines is 1. The van der Waals surface area contributed by atoms with E-state index in [4.69, 9.17) is 22.1 Å². The van der Waals surface area contributed by atoms with Crippen molar-refractivity contribution < 1.29 is 19.0 Å². The highest BCUT2D eigenvalue weighted by Crippen LogP contribution is 2.39.